The number of carbonyl (C=O) groups is 2. The number of H-pyrrole nitrogens is 1. The number of benzene rings is 2. The summed E-state index contributed by atoms with van der Waals surface area (Å²) < 4.78 is 0.783. The lowest BCUT2D eigenvalue weighted by Gasteiger charge is -2.04. The molecule has 0 aliphatic heterocycles. The fraction of sp³-hybridized carbons (Fsp3) is 0.208. The first-order valence-corrected chi connectivity index (χ1v) is 12.2. The van der Waals surface area contributed by atoms with Crippen molar-refractivity contribution < 1.29 is 9.59 Å². The van der Waals surface area contributed by atoms with Gasteiger partial charge in [0.25, 0.3) is 0 Å². The Kier molecular flexibility index (Phi) is 7.24. The third-order valence-electron chi connectivity index (χ3n) is 4.93. The number of nitrogens with zero attached hydrogens (tertiary/aromatic N) is 1. The summed E-state index contributed by atoms with van der Waals surface area (Å²) in [7, 11) is 0. The number of rotatable bonds is 9. The number of aromatic nitrogens is 2. The molecule has 8 heteroatoms. The minimum atomic E-state index is -0.0781. The third-order valence-corrected chi connectivity index (χ3v) is 7.00. The van der Waals surface area contributed by atoms with Crippen LogP contribution < -0.4 is 10.6 Å². The molecule has 3 N–H and O–H groups in total. The first kappa shape index (κ1) is 22.1. The van der Waals surface area contributed by atoms with Crippen molar-refractivity contribution in [3.63, 3.8) is 0 Å². The van der Waals surface area contributed by atoms with Gasteiger partial charge in [0, 0.05) is 34.7 Å². The molecule has 0 aliphatic rings. The number of anilines is 1. The number of para-hydroxylation sites is 1. The lowest BCUT2D eigenvalue weighted by atomic mass is 10.1. The van der Waals surface area contributed by atoms with E-state index in [9.17, 15) is 9.59 Å². The molecule has 4 rings (SSSR count). The van der Waals surface area contributed by atoms with Gasteiger partial charge in [-0.1, -0.05) is 47.7 Å². The van der Waals surface area contributed by atoms with Crippen LogP contribution in [0.1, 0.15) is 16.8 Å². The number of carbonyl (C=O) groups excluding carboxylic acids is 2. The zero-order chi connectivity index (χ0) is 22.3. The quantitative estimate of drug-likeness (QED) is 0.317. The van der Waals surface area contributed by atoms with Crippen LogP contribution in [0.3, 0.4) is 0 Å². The maximum atomic E-state index is 12.3. The van der Waals surface area contributed by atoms with E-state index in [0.717, 1.165) is 33.2 Å². The zero-order valence-corrected chi connectivity index (χ0v) is 19.3. The number of amides is 2. The number of aryl methyl sites for hydroxylation is 1. The highest BCUT2D eigenvalue weighted by molar-refractivity contribution is 8.01. The zero-order valence-electron chi connectivity index (χ0n) is 17.7. The van der Waals surface area contributed by atoms with E-state index in [1.807, 2.05) is 61.0 Å². The Balaban J connectivity index is 1.19. The Morgan fingerprint density at radius 3 is 2.75 bits per heavy atom. The Bertz CT molecular complexity index is 1210. The van der Waals surface area contributed by atoms with Crippen molar-refractivity contribution >= 4 is 51.5 Å². The Labute approximate surface area is 194 Å². The van der Waals surface area contributed by atoms with Crippen molar-refractivity contribution in [1.82, 2.24) is 15.3 Å². The smallest absolute Gasteiger partial charge is 0.234 e. The van der Waals surface area contributed by atoms with Gasteiger partial charge in [0.15, 0.2) is 4.34 Å². The number of hydrogen-bond donors (Lipinski definition) is 3. The maximum absolute atomic E-state index is 12.3. The molecule has 2 aromatic heterocycles. The molecule has 2 amide bonds. The average Bonchev–Trinajstić information content (AvgIpc) is 3.41. The molecular formula is C24H24N4O2S2. The monoisotopic (exact) mass is 464 g/mol. The van der Waals surface area contributed by atoms with Crippen LogP contribution in [0.15, 0.2) is 64.4 Å². The summed E-state index contributed by atoms with van der Waals surface area (Å²) in [5, 5.41) is 8.90. The molecule has 4 aromatic rings. The second-order valence-electron chi connectivity index (χ2n) is 7.44. The van der Waals surface area contributed by atoms with E-state index in [1.54, 1.807) is 0 Å². The molecule has 0 saturated carbocycles. The van der Waals surface area contributed by atoms with Crippen LogP contribution in [0.2, 0.25) is 0 Å². The molecule has 0 aliphatic carbocycles. The Hall–Kier alpha value is -3.10. The van der Waals surface area contributed by atoms with Crippen LogP contribution in [0.4, 0.5) is 5.69 Å². The largest absolute Gasteiger partial charge is 0.361 e. The maximum Gasteiger partial charge on any atom is 0.234 e. The number of nitrogens with one attached hydrogen (secondary N) is 3. The molecule has 2 heterocycles. The van der Waals surface area contributed by atoms with Crippen molar-refractivity contribution in [3.05, 3.63) is 76.9 Å². The van der Waals surface area contributed by atoms with Crippen molar-refractivity contribution in [2.24, 2.45) is 0 Å². The molecule has 32 heavy (non-hydrogen) atoms. The molecule has 0 radical (unpaired) electrons. The van der Waals surface area contributed by atoms with E-state index in [1.165, 1.54) is 34.0 Å². The summed E-state index contributed by atoms with van der Waals surface area (Å²) in [6.07, 6.45) is 3.00. The van der Waals surface area contributed by atoms with Gasteiger partial charge in [-0.25, -0.2) is 4.98 Å². The van der Waals surface area contributed by atoms with Crippen LogP contribution in [-0.4, -0.2) is 34.1 Å². The van der Waals surface area contributed by atoms with Gasteiger partial charge in [-0.2, -0.15) is 0 Å². The molecule has 6 nitrogen and oxygen atoms in total. The van der Waals surface area contributed by atoms with Crippen LogP contribution in [-0.2, 0) is 22.4 Å². The summed E-state index contributed by atoms with van der Waals surface area (Å²) in [4.78, 5) is 32.1. The Morgan fingerprint density at radius 1 is 1.09 bits per heavy atom. The minimum absolute atomic E-state index is 0.0520. The third kappa shape index (κ3) is 5.99. The summed E-state index contributed by atoms with van der Waals surface area (Å²) in [5.74, 6) is 0.145. The van der Waals surface area contributed by atoms with Gasteiger partial charge >= 0.3 is 0 Å². The van der Waals surface area contributed by atoms with Gasteiger partial charge in [0.2, 0.25) is 11.8 Å². The number of aromatic amines is 1. The van der Waals surface area contributed by atoms with Crippen LogP contribution in [0, 0.1) is 6.92 Å². The number of hydrogen-bond acceptors (Lipinski definition) is 5. The molecule has 164 valence electrons. The molecule has 0 saturated heterocycles. The summed E-state index contributed by atoms with van der Waals surface area (Å²) in [6.45, 7) is 2.58. The first-order chi connectivity index (χ1) is 15.6. The average molecular weight is 465 g/mol. The predicted octanol–water partition coefficient (Wildman–Crippen LogP) is 4.57. The summed E-state index contributed by atoms with van der Waals surface area (Å²) in [6, 6.07) is 15.8. The normalized spacial score (nSPS) is 10.9. The highest BCUT2D eigenvalue weighted by Gasteiger charge is 2.11. The van der Waals surface area contributed by atoms with Gasteiger partial charge < -0.3 is 15.6 Å². The molecule has 2 aromatic carbocycles. The van der Waals surface area contributed by atoms with Gasteiger partial charge in [0.05, 0.1) is 17.9 Å². The fourth-order valence-corrected chi connectivity index (χ4v) is 4.94. The lowest BCUT2D eigenvalue weighted by Crippen LogP contribution is -2.27. The van der Waals surface area contributed by atoms with Crippen LogP contribution in [0.25, 0.3) is 10.9 Å². The molecular weight excluding hydrogens is 440 g/mol. The van der Waals surface area contributed by atoms with E-state index in [4.69, 9.17) is 0 Å². The molecule has 0 spiro atoms. The summed E-state index contributed by atoms with van der Waals surface area (Å²) in [5.41, 5.74) is 4.95. The van der Waals surface area contributed by atoms with Crippen molar-refractivity contribution in [2.75, 3.05) is 17.6 Å². The van der Waals surface area contributed by atoms with E-state index in [2.05, 4.69) is 26.7 Å². The molecule has 0 atom stereocenters. The second kappa shape index (κ2) is 10.5. The fourth-order valence-electron chi connectivity index (χ4n) is 3.30. The minimum Gasteiger partial charge on any atom is -0.361 e. The van der Waals surface area contributed by atoms with E-state index >= 15 is 0 Å². The van der Waals surface area contributed by atoms with E-state index in [-0.39, 0.29) is 24.0 Å². The van der Waals surface area contributed by atoms with Crippen molar-refractivity contribution in [2.45, 2.75) is 24.1 Å². The second-order valence-corrected chi connectivity index (χ2v) is 9.52. The summed E-state index contributed by atoms with van der Waals surface area (Å²) >= 11 is 2.83. The number of fused-ring (bicyclic) bond motifs is 1. The number of thioether (sulfide) groups is 1. The molecule has 0 bridgehead atoms. The van der Waals surface area contributed by atoms with E-state index in [0.29, 0.717) is 6.54 Å². The molecule has 0 unspecified atom stereocenters. The number of thiazole rings is 1. The SMILES string of the molecule is Cc1ccc(NC(=O)CSc2nc(CC(=O)NCCc3c[nH]c4ccccc34)cs2)cc1. The van der Waals surface area contributed by atoms with Crippen LogP contribution in [0.5, 0.6) is 0 Å². The van der Waals surface area contributed by atoms with Crippen molar-refractivity contribution in [3.8, 4) is 0 Å². The van der Waals surface area contributed by atoms with Crippen molar-refractivity contribution in [1.29, 1.82) is 0 Å². The first-order valence-electron chi connectivity index (χ1n) is 10.3. The highest BCUT2D eigenvalue weighted by Crippen LogP contribution is 2.23. The highest BCUT2D eigenvalue weighted by atomic mass is 32.2. The van der Waals surface area contributed by atoms with E-state index < -0.39 is 0 Å². The standard InChI is InChI=1S/C24H24N4O2S2/c1-16-6-8-18(9-7-16)27-23(30)15-32-24-28-19(14-31-24)12-22(29)25-11-10-17-13-26-21-5-3-2-4-20(17)21/h2-9,13-14,26H,10-12,15H2,1H3,(H,25,29)(H,27,30). The topological polar surface area (TPSA) is 86.9 Å². The van der Waals surface area contributed by atoms with Gasteiger partial charge in [-0.05, 0) is 37.1 Å². The predicted molar refractivity (Wildman–Crippen MR) is 131 cm³/mol. The van der Waals surface area contributed by atoms with Gasteiger partial charge in [0.1, 0.15) is 0 Å². The van der Waals surface area contributed by atoms with Gasteiger partial charge in [-0.3, -0.25) is 9.59 Å². The van der Waals surface area contributed by atoms with Gasteiger partial charge in [-0.15, -0.1) is 11.3 Å². The van der Waals surface area contributed by atoms with Crippen LogP contribution >= 0.6 is 23.1 Å². The molecule has 0 fully saturated rings. The Morgan fingerprint density at radius 2 is 1.91 bits per heavy atom. The lowest BCUT2D eigenvalue weighted by molar-refractivity contribution is -0.120.